The second-order valence-electron chi connectivity index (χ2n) is 8.20. The highest BCUT2D eigenvalue weighted by atomic mass is 16.3. The van der Waals surface area contributed by atoms with Crippen molar-refractivity contribution < 1.29 is 14.7 Å². The first-order chi connectivity index (χ1) is 12.5. The molecule has 27 heavy (non-hydrogen) atoms. The van der Waals surface area contributed by atoms with Crippen molar-refractivity contribution in [3.63, 3.8) is 0 Å². The summed E-state index contributed by atoms with van der Waals surface area (Å²) in [6.45, 7) is 8.53. The van der Waals surface area contributed by atoms with E-state index in [1.54, 1.807) is 62.3 Å². The van der Waals surface area contributed by atoms with Crippen molar-refractivity contribution in [3.8, 4) is 5.75 Å². The van der Waals surface area contributed by atoms with Crippen LogP contribution in [0.3, 0.4) is 0 Å². The summed E-state index contributed by atoms with van der Waals surface area (Å²) in [5.41, 5.74) is 2.40. The highest BCUT2D eigenvalue weighted by molar-refractivity contribution is 6.06. The Morgan fingerprint density at radius 3 is 1.89 bits per heavy atom. The molecule has 2 amide bonds. The van der Waals surface area contributed by atoms with Crippen molar-refractivity contribution >= 4 is 17.5 Å². The first kappa shape index (κ1) is 20.5. The maximum absolute atomic E-state index is 13.2. The molecule has 5 nitrogen and oxygen atoms in total. The Kier molecular flexibility index (Phi) is 5.94. The lowest BCUT2D eigenvalue weighted by atomic mass is 9.95. The van der Waals surface area contributed by atoms with Gasteiger partial charge in [-0.05, 0) is 60.4 Å². The van der Waals surface area contributed by atoms with Gasteiger partial charge in [-0.25, -0.2) is 0 Å². The van der Waals surface area contributed by atoms with Crippen LogP contribution < -0.4 is 4.90 Å². The van der Waals surface area contributed by atoms with E-state index in [1.165, 1.54) is 4.90 Å². The van der Waals surface area contributed by atoms with Gasteiger partial charge in [0, 0.05) is 37.5 Å². The highest BCUT2D eigenvalue weighted by Crippen LogP contribution is 2.28. The van der Waals surface area contributed by atoms with Crippen molar-refractivity contribution in [1.82, 2.24) is 4.90 Å². The summed E-state index contributed by atoms with van der Waals surface area (Å²) in [4.78, 5) is 28.5. The van der Waals surface area contributed by atoms with E-state index in [0.29, 0.717) is 23.2 Å². The molecule has 5 heteroatoms. The molecule has 0 saturated carbocycles. The number of carbonyl (C=O) groups is 2. The third-order valence-corrected chi connectivity index (χ3v) is 4.15. The van der Waals surface area contributed by atoms with Crippen LogP contribution in [0.1, 0.15) is 47.1 Å². The third kappa shape index (κ3) is 5.09. The molecule has 0 aliphatic heterocycles. The van der Waals surface area contributed by atoms with Crippen LogP contribution in [0.25, 0.3) is 0 Å². The summed E-state index contributed by atoms with van der Waals surface area (Å²) in [7, 11) is 3.39. The molecule has 2 aromatic carbocycles. The molecule has 0 radical (unpaired) electrons. The van der Waals surface area contributed by atoms with Gasteiger partial charge in [-0.1, -0.05) is 20.8 Å². The van der Waals surface area contributed by atoms with E-state index >= 15 is 0 Å². The fourth-order valence-corrected chi connectivity index (χ4v) is 2.73. The van der Waals surface area contributed by atoms with Gasteiger partial charge in [0.2, 0.25) is 0 Å². The zero-order valence-electron chi connectivity index (χ0n) is 16.9. The van der Waals surface area contributed by atoms with Crippen LogP contribution in [0.15, 0.2) is 42.5 Å². The molecular formula is C22H28N2O3. The summed E-state index contributed by atoms with van der Waals surface area (Å²) >= 11 is 0. The second kappa shape index (κ2) is 7.82. The predicted molar refractivity (Wildman–Crippen MR) is 108 cm³/mol. The molecule has 2 aromatic rings. The number of rotatable bonds is 4. The first-order valence-corrected chi connectivity index (χ1v) is 8.93. The topological polar surface area (TPSA) is 60.9 Å². The zero-order chi connectivity index (χ0) is 20.4. The standard InChI is InChI=1S/C22H28N2O3/c1-15-13-18(11-12-19(15)25)24(14-22(2,3)4)21(27)17-9-7-16(8-10-17)20(26)23(5)6/h7-13,25H,14H2,1-6H3. The number of hydrogen-bond acceptors (Lipinski definition) is 3. The summed E-state index contributed by atoms with van der Waals surface area (Å²) < 4.78 is 0. The minimum absolute atomic E-state index is 0.102. The van der Waals surface area contributed by atoms with E-state index in [-0.39, 0.29) is 23.0 Å². The second-order valence-corrected chi connectivity index (χ2v) is 8.20. The summed E-state index contributed by atoms with van der Waals surface area (Å²) in [6.07, 6.45) is 0. The summed E-state index contributed by atoms with van der Waals surface area (Å²) in [6, 6.07) is 11.9. The maximum atomic E-state index is 13.2. The zero-order valence-corrected chi connectivity index (χ0v) is 16.9. The Bertz CT molecular complexity index is 834. The Labute approximate surface area is 161 Å². The number of benzene rings is 2. The average molecular weight is 368 g/mol. The van der Waals surface area contributed by atoms with Gasteiger partial charge < -0.3 is 14.9 Å². The number of carbonyl (C=O) groups excluding carboxylic acids is 2. The minimum atomic E-state index is -0.140. The molecule has 0 atom stereocenters. The van der Waals surface area contributed by atoms with Crippen molar-refractivity contribution in [3.05, 3.63) is 59.2 Å². The highest BCUT2D eigenvalue weighted by Gasteiger charge is 2.24. The quantitative estimate of drug-likeness (QED) is 0.884. The fraction of sp³-hybridized carbons (Fsp3) is 0.364. The van der Waals surface area contributed by atoms with E-state index in [1.807, 2.05) is 6.07 Å². The molecule has 1 N–H and O–H groups in total. The molecular weight excluding hydrogens is 340 g/mol. The van der Waals surface area contributed by atoms with Crippen LogP contribution in [0.5, 0.6) is 5.75 Å². The number of amides is 2. The normalized spacial score (nSPS) is 11.2. The van der Waals surface area contributed by atoms with E-state index < -0.39 is 0 Å². The predicted octanol–water partition coefficient (Wildman–Crippen LogP) is 4.10. The van der Waals surface area contributed by atoms with Crippen LogP contribution in [-0.2, 0) is 0 Å². The summed E-state index contributed by atoms with van der Waals surface area (Å²) in [5.74, 6) is -0.0398. The number of nitrogens with zero attached hydrogens (tertiary/aromatic N) is 2. The molecule has 0 saturated heterocycles. The molecule has 2 rings (SSSR count). The smallest absolute Gasteiger partial charge is 0.258 e. The van der Waals surface area contributed by atoms with E-state index in [4.69, 9.17) is 0 Å². The summed E-state index contributed by atoms with van der Waals surface area (Å²) in [5, 5.41) is 9.80. The SMILES string of the molecule is Cc1cc(N(CC(C)(C)C)C(=O)c2ccc(C(=O)N(C)C)cc2)ccc1O. The molecule has 0 bridgehead atoms. The molecule has 0 aromatic heterocycles. The molecule has 0 fully saturated rings. The Balaban J connectivity index is 2.38. The van der Waals surface area contributed by atoms with E-state index in [9.17, 15) is 14.7 Å². The molecule has 0 aliphatic rings. The van der Waals surface area contributed by atoms with Gasteiger partial charge in [-0.3, -0.25) is 9.59 Å². The number of aromatic hydroxyl groups is 1. The van der Waals surface area contributed by atoms with Gasteiger partial charge in [0.15, 0.2) is 0 Å². The van der Waals surface area contributed by atoms with Crippen LogP contribution in [0.2, 0.25) is 0 Å². The molecule has 0 heterocycles. The average Bonchev–Trinajstić information content (AvgIpc) is 2.60. The lowest BCUT2D eigenvalue weighted by molar-refractivity contribution is 0.0827. The number of phenolic OH excluding ortho intramolecular Hbond substituents is 1. The maximum Gasteiger partial charge on any atom is 0.258 e. The van der Waals surface area contributed by atoms with Gasteiger partial charge in [-0.15, -0.1) is 0 Å². The van der Waals surface area contributed by atoms with Crippen LogP contribution in [-0.4, -0.2) is 42.5 Å². The number of phenols is 1. The van der Waals surface area contributed by atoms with Crippen LogP contribution >= 0.6 is 0 Å². The molecule has 0 aliphatic carbocycles. The van der Waals surface area contributed by atoms with Gasteiger partial charge in [-0.2, -0.15) is 0 Å². The number of hydrogen-bond donors (Lipinski definition) is 1. The van der Waals surface area contributed by atoms with E-state index in [2.05, 4.69) is 20.8 Å². The van der Waals surface area contributed by atoms with Crippen LogP contribution in [0.4, 0.5) is 5.69 Å². The largest absolute Gasteiger partial charge is 0.508 e. The lowest BCUT2D eigenvalue weighted by Gasteiger charge is -2.30. The van der Waals surface area contributed by atoms with E-state index in [0.717, 1.165) is 5.69 Å². The molecule has 0 unspecified atom stereocenters. The minimum Gasteiger partial charge on any atom is -0.508 e. The fourth-order valence-electron chi connectivity index (χ4n) is 2.73. The van der Waals surface area contributed by atoms with Gasteiger partial charge in [0.1, 0.15) is 5.75 Å². The van der Waals surface area contributed by atoms with Crippen LogP contribution in [0, 0.1) is 12.3 Å². The Morgan fingerprint density at radius 2 is 1.44 bits per heavy atom. The van der Waals surface area contributed by atoms with Crippen molar-refractivity contribution in [1.29, 1.82) is 0 Å². The van der Waals surface area contributed by atoms with Crippen molar-refractivity contribution in [2.75, 3.05) is 25.5 Å². The van der Waals surface area contributed by atoms with Gasteiger partial charge in [0.25, 0.3) is 11.8 Å². The molecule has 144 valence electrons. The molecule has 0 spiro atoms. The third-order valence-electron chi connectivity index (χ3n) is 4.15. The first-order valence-electron chi connectivity index (χ1n) is 8.93. The van der Waals surface area contributed by atoms with Gasteiger partial charge in [0.05, 0.1) is 0 Å². The number of aryl methyl sites for hydroxylation is 1. The monoisotopic (exact) mass is 368 g/mol. The lowest BCUT2D eigenvalue weighted by Crippen LogP contribution is -2.38. The number of anilines is 1. The van der Waals surface area contributed by atoms with Crippen molar-refractivity contribution in [2.24, 2.45) is 5.41 Å². The Hall–Kier alpha value is -2.82. The van der Waals surface area contributed by atoms with Crippen molar-refractivity contribution in [2.45, 2.75) is 27.7 Å². The van der Waals surface area contributed by atoms with Gasteiger partial charge >= 0.3 is 0 Å². The Morgan fingerprint density at radius 1 is 0.926 bits per heavy atom.